The fraction of sp³-hybridized carbons (Fsp3) is 0.667. The van der Waals surface area contributed by atoms with Crippen molar-refractivity contribution in [1.82, 2.24) is 5.32 Å². The van der Waals surface area contributed by atoms with Crippen LogP contribution < -0.4 is 11.1 Å². The van der Waals surface area contributed by atoms with Crippen molar-refractivity contribution < 1.29 is 13.9 Å². The molecule has 146 valence electrons. The molecule has 1 fully saturated rings. The molecule has 0 spiro atoms. The van der Waals surface area contributed by atoms with E-state index < -0.39 is 5.60 Å². The van der Waals surface area contributed by atoms with Gasteiger partial charge in [-0.3, -0.25) is 4.79 Å². The van der Waals surface area contributed by atoms with Gasteiger partial charge in [-0.1, -0.05) is 25.0 Å². The second-order valence-corrected chi connectivity index (χ2v) is 8.37. The number of hydrogen-bond donors (Lipinski definition) is 2. The summed E-state index contributed by atoms with van der Waals surface area (Å²) in [6.07, 6.45) is 5.85. The molecule has 3 N–H and O–H groups in total. The highest BCUT2D eigenvalue weighted by Gasteiger charge is 2.27. The molecule has 0 heterocycles. The van der Waals surface area contributed by atoms with Crippen molar-refractivity contribution in [3.63, 3.8) is 0 Å². The average molecular weight is 365 g/mol. The molecule has 0 aliphatic heterocycles. The molecule has 1 saturated carbocycles. The topological polar surface area (TPSA) is 64.3 Å². The third-order valence-electron chi connectivity index (χ3n) is 4.92. The van der Waals surface area contributed by atoms with E-state index >= 15 is 0 Å². The molecule has 1 aliphatic carbocycles. The molecule has 3 atom stereocenters. The minimum absolute atomic E-state index is 0.202. The van der Waals surface area contributed by atoms with Crippen LogP contribution in [0.1, 0.15) is 58.4 Å². The highest BCUT2D eigenvalue weighted by Crippen LogP contribution is 2.22. The summed E-state index contributed by atoms with van der Waals surface area (Å²) in [7, 11) is 0. The lowest BCUT2D eigenvalue weighted by molar-refractivity contribution is -0.157. The predicted octanol–water partition coefficient (Wildman–Crippen LogP) is 3.58. The quantitative estimate of drug-likeness (QED) is 0.726. The Morgan fingerprint density at radius 3 is 2.54 bits per heavy atom. The Morgan fingerprint density at radius 2 is 1.92 bits per heavy atom. The van der Waals surface area contributed by atoms with Crippen LogP contribution >= 0.6 is 0 Å². The number of aryl methyl sites for hydroxylation is 1. The lowest BCUT2D eigenvalue weighted by atomic mass is 9.85. The fourth-order valence-corrected chi connectivity index (χ4v) is 3.42. The molecule has 0 aromatic heterocycles. The first kappa shape index (κ1) is 20.8. The molecule has 0 radical (unpaired) electrons. The summed E-state index contributed by atoms with van der Waals surface area (Å²) in [6.45, 7) is 6.35. The Hall–Kier alpha value is -1.46. The summed E-state index contributed by atoms with van der Waals surface area (Å²) in [5.41, 5.74) is 6.72. The van der Waals surface area contributed by atoms with Crippen molar-refractivity contribution in [2.45, 2.75) is 77.0 Å². The SMILES string of the molecule is CC(C)(C)OC(=O)C(CCc1ccc(F)cc1)NC[C@@H]1CCCC[C@H]1N. The molecule has 1 aliphatic rings. The van der Waals surface area contributed by atoms with Crippen LogP contribution in [0.4, 0.5) is 4.39 Å². The van der Waals surface area contributed by atoms with Crippen molar-refractivity contribution in [3.8, 4) is 0 Å². The normalized spacial score (nSPS) is 22.0. The zero-order valence-electron chi connectivity index (χ0n) is 16.3. The Kier molecular flexibility index (Phi) is 7.59. The summed E-state index contributed by atoms with van der Waals surface area (Å²) < 4.78 is 18.6. The number of esters is 1. The molecule has 0 amide bonds. The first-order chi connectivity index (χ1) is 12.2. The van der Waals surface area contributed by atoms with Gasteiger partial charge in [0.15, 0.2) is 0 Å². The Balaban J connectivity index is 1.95. The third-order valence-corrected chi connectivity index (χ3v) is 4.92. The molecule has 5 heteroatoms. The van der Waals surface area contributed by atoms with E-state index in [1.54, 1.807) is 12.1 Å². The summed E-state index contributed by atoms with van der Waals surface area (Å²) in [5, 5.41) is 3.40. The summed E-state index contributed by atoms with van der Waals surface area (Å²) in [4.78, 5) is 12.6. The zero-order chi connectivity index (χ0) is 19.2. The fourth-order valence-electron chi connectivity index (χ4n) is 3.42. The van der Waals surface area contributed by atoms with Gasteiger partial charge in [-0.05, 0) is 70.1 Å². The minimum Gasteiger partial charge on any atom is -0.459 e. The number of halogens is 1. The summed E-state index contributed by atoms with van der Waals surface area (Å²) in [6, 6.07) is 6.25. The molecular formula is C21H33FN2O2. The van der Waals surface area contributed by atoms with Gasteiger partial charge in [0.25, 0.3) is 0 Å². The summed E-state index contributed by atoms with van der Waals surface area (Å²) >= 11 is 0. The van der Waals surface area contributed by atoms with E-state index in [0.717, 1.165) is 24.9 Å². The molecule has 0 bridgehead atoms. The van der Waals surface area contributed by atoms with E-state index in [0.29, 0.717) is 18.8 Å². The Bertz CT molecular complexity index is 568. The predicted molar refractivity (Wildman–Crippen MR) is 102 cm³/mol. The maximum absolute atomic E-state index is 13.1. The van der Waals surface area contributed by atoms with Gasteiger partial charge in [-0.2, -0.15) is 0 Å². The van der Waals surface area contributed by atoms with Gasteiger partial charge in [0.2, 0.25) is 0 Å². The van der Waals surface area contributed by atoms with Crippen LogP contribution in [0.2, 0.25) is 0 Å². The largest absolute Gasteiger partial charge is 0.459 e. The van der Waals surface area contributed by atoms with Gasteiger partial charge < -0.3 is 15.8 Å². The number of ether oxygens (including phenoxy) is 1. The van der Waals surface area contributed by atoms with E-state index in [2.05, 4.69) is 5.32 Å². The third kappa shape index (κ3) is 7.04. The van der Waals surface area contributed by atoms with Crippen LogP contribution in [-0.4, -0.2) is 30.2 Å². The van der Waals surface area contributed by atoms with Crippen molar-refractivity contribution in [2.24, 2.45) is 11.7 Å². The molecule has 1 aromatic rings. The first-order valence-corrected chi connectivity index (χ1v) is 9.71. The van der Waals surface area contributed by atoms with Crippen molar-refractivity contribution >= 4 is 5.97 Å². The average Bonchev–Trinajstić information content (AvgIpc) is 2.56. The van der Waals surface area contributed by atoms with Crippen LogP contribution in [-0.2, 0) is 16.0 Å². The number of carbonyl (C=O) groups excluding carboxylic acids is 1. The second kappa shape index (κ2) is 9.47. The lowest BCUT2D eigenvalue weighted by Gasteiger charge is -2.31. The number of nitrogens with one attached hydrogen (secondary N) is 1. The maximum atomic E-state index is 13.1. The first-order valence-electron chi connectivity index (χ1n) is 9.71. The number of rotatable bonds is 7. The van der Waals surface area contributed by atoms with Gasteiger partial charge in [0.1, 0.15) is 17.5 Å². The zero-order valence-corrected chi connectivity index (χ0v) is 16.3. The van der Waals surface area contributed by atoms with Gasteiger partial charge >= 0.3 is 5.97 Å². The molecule has 2 rings (SSSR count). The molecular weight excluding hydrogens is 331 g/mol. The second-order valence-electron chi connectivity index (χ2n) is 8.37. The van der Waals surface area contributed by atoms with Crippen molar-refractivity contribution in [3.05, 3.63) is 35.6 Å². The van der Waals surface area contributed by atoms with E-state index in [4.69, 9.17) is 10.5 Å². The highest BCUT2D eigenvalue weighted by atomic mass is 19.1. The van der Waals surface area contributed by atoms with Gasteiger partial charge in [0.05, 0.1) is 0 Å². The number of nitrogens with two attached hydrogens (primary N) is 1. The summed E-state index contributed by atoms with van der Waals surface area (Å²) in [5.74, 6) is -0.0784. The van der Waals surface area contributed by atoms with E-state index in [9.17, 15) is 9.18 Å². The van der Waals surface area contributed by atoms with Gasteiger partial charge in [0, 0.05) is 12.6 Å². The van der Waals surface area contributed by atoms with Crippen molar-refractivity contribution in [1.29, 1.82) is 0 Å². The highest BCUT2D eigenvalue weighted by molar-refractivity contribution is 5.76. The molecule has 1 aromatic carbocycles. The molecule has 4 nitrogen and oxygen atoms in total. The smallest absolute Gasteiger partial charge is 0.323 e. The van der Waals surface area contributed by atoms with Gasteiger partial charge in [-0.25, -0.2) is 4.39 Å². The van der Waals surface area contributed by atoms with Crippen molar-refractivity contribution in [2.75, 3.05) is 6.54 Å². The lowest BCUT2D eigenvalue weighted by Crippen LogP contribution is -2.47. The number of hydrogen-bond acceptors (Lipinski definition) is 4. The van der Waals surface area contributed by atoms with Gasteiger partial charge in [-0.15, -0.1) is 0 Å². The Morgan fingerprint density at radius 1 is 1.27 bits per heavy atom. The van der Waals surface area contributed by atoms with Crippen LogP contribution in [0.3, 0.4) is 0 Å². The minimum atomic E-state index is -0.520. The van der Waals surface area contributed by atoms with E-state index in [1.165, 1.54) is 25.0 Å². The standard InChI is InChI=1S/C21H33FN2O2/c1-21(2,3)26-20(25)19(13-10-15-8-11-17(22)12-9-15)24-14-16-6-4-5-7-18(16)23/h8-9,11-12,16,18-19,24H,4-7,10,13-14,23H2,1-3H3/t16-,18+,19?/m0/s1. The van der Waals surface area contributed by atoms with E-state index in [-0.39, 0.29) is 23.9 Å². The van der Waals surface area contributed by atoms with Crippen LogP contribution in [0.25, 0.3) is 0 Å². The molecule has 1 unspecified atom stereocenters. The maximum Gasteiger partial charge on any atom is 0.323 e. The number of benzene rings is 1. The molecule has 26 heavy (non-hydrogen) atoms. The molecule has 0 saturated heterocycles. The van der Waals surface area contributed by atoms with E-state index in [1.807, 2.05) is 20.8 Å². The number of carbonyl (C=O) groups is 1. The van der Waals surface area contributed by atoms with Crippen LogP contribution in [0, 0.1) is 11.7 Å². The Labute approximate surface area is 156 Å². The van der Waals surface area contributed by atoms with Crippen LogP contribution in [0.15, 0.2) is 24.3 Å². The van der Waals surface area contributed by atoms with Crippen LogP contribution in [0.5, 0.6) is 0 Å². The monoisotopic (exact) mass is 364 g/mol.